The summed E-state index contributed by atoms with van der Waals surface area (Å²) in [6.07, 6.45) is 6.37. The van der Waals surface area contributed by atoms with Gasteiger partial charge in [0.1, 0.15) is 13.1 Å². The predicted molar refractivity (Wildman–Crippen MR) is 62.0 cm³/mol. The molecule has 0 spiro atoms. The molecule has 2 heterocycles. The van der Waals surface area contributed by atoms with Crippen molar-refractivity contribution in [3.8, 4) is 0 Å². The molecule has 78 valence electrons. The molecule has 2 nitrogen and oxygen atoms in total. The molecule has 2 heteroatoms. The molecular weight excluding hydrogens is 196 g/mol. The maximum atomic E-state index is 4.69. The lowest BCUT2D eigenvalue weighted by Gasteiger charge is -2.01. The zero-order valence-electron chi connectivity index (χ0n) is 9.17. The lowest BCUT2D eigenvalue weighted by Crippen LogP contribution is -2.27. The summed E-state index contributed by atoms with van der Waals surface area (Å²) in [5.41, 5.74) is 1.24. The second-order valence-corrected chi connectivity index (χ2v) is 4.10. The van der Waals surface area contributed by atoms with Crippen LogP contribution in [0.25, 0.3) is 6.08 Å². The molecule has 0 radical (unpaired) electrons. The van der Waals surface area contributed by atoms with Gasteiger partial charge in [-0.2, -0.15) is 0 Å². The van der Waals surface area contributed by atoms with E-state index in [0.29, 0.717) is 0 Å². The Balaban J connectivity index is 2.10. The zero-order valence-corrected chi connectivity index (χ0v) is 9.17. The van der Waals surface area contributed by atoms with Crippen LogP contribution in [-0.2, 0) is 7.05 Å². The zero-order chi connectivity index (χ0) is 11.0. The third kappa shape index (κ3) is 1.52. The summed E-state index contributed by atoms with van der Waals surface area (Å²) in [5, 5.41) is 2.33. The van der Waals surface area contributed by atoms with Crippen LogP contribution < -0.4 is 15.1 Å². The van der Waals surface area contributed by atoms with Gasteiger partial charge in [0.15, 0.2) is 12.4 Å². The van der Waals surface area contributed by atoms with E-state index in [1.54, 1.807) is 0 Å². The Kier molecular flexibility index (Phi) is 2.07. The van der Waals surface area contributed by atoms with Crippen LogP contribution in [0, 0.1) is 0 Å². The van der Waals surface area contributed by atoms with E-state index in [2.05, 4.69) is 47.2 Å². The summed E-state index contributed by atoms with van der Waals surface area (Å²) < 4.78 is 2.06. The number of hydrogen-bond donors (Lipinski definition) is 0. The summed E-state index contributed by atoms with van der Waals surface area (Å²) in [6, 6.07) is 12.6. The van der Waals surface area contributed by atoms with Crippen LogP contribution in [0.4, 0.5) is 0 Å². The molecular formula is C14H13N2+. The molecule has 1 atom stereocenters. The SMILES string of the molecule is C[n+]1cccc(C2C=c3ccccc3=N2)c1. The molecule has 1 aromatic heterocycles. The number of aryl methyl sites for hydroxylation is 1. The van der Waals surface area contributed by atoms with Crippen LogP contribution in [0.3, 0.4) is 0 Å². The van der Waals surface area contributed by atoms with Crippen LogP contribution in [0.2, 0.25) is 0 Å². The van der Waals surface area contributed by atoms with Gasteiger partial charge in [0.05, 0.1) is 5.36 Å². The Bertz CT molecular complexity index is 609. The number of benzene rings is 1. The highest BCUT2D eigenvalue weighted by Gasteiger charge is 2.13. The number of nitrogens with zero attached hydrogens (tertiary/aromatic N) is 2. The number of pyridine rings is 1. The highest BCUT2D eigenvalue weighted by atomic mass is 14.9. The maximum absolute atomic E-state index is 4.69. The molecule has 0 fully saturated rings. The van der Waals surface area contributed by atoms with E-state index in [1.165, 1.54) is 10.8 Å². The minimum atomic E-state index is 0.171. The molecule has 1 aliphatic heterocycles. The topological polar surface area (TPSA) is 16.2 Å². The first-order valence-electron chi connectivity index (χ1n) is 5.43. The Morgan fingerprint density at radius 2 is 2.00 bits per heavy atom. The predicted octanol–water partition coefficient (Wildman–Crippen LogP) is 0.666. The number of fused-ring (bicyclic) bond motifs is 1. The van der Waals surface area contributed by atoms with Gasteiger partial charge in [-0.3, -0.25) is 4.99 Å². The van der Waals surface area contributed by atoms with Crippen molar-refractivity contribution in [3.05, 3.63) is 64.9 Å². The van der Waals surface area contributed by atoms with E-state index in [9.17, 15) is 0 Å². The maximum Gasteiger partial charge on any atom is 0.174 e. The molecule has 0 N–H and O–H groups in total. The lowest BCUT2D eigenvalue weighted by molar-refractivity contribution is -0.671. The molecule has 0 saturated carbocycles. The number of rotatable bonds is 1. The Morgan fingerprint density at radius 1 is 1.12 bits per heavy atom. The van der Waals surface area contributed by atoms with Crippen LogP contribution in [0.5, 0.6) is 0 Å². The summed E-state index contributed by atoms with van der Waals surface area (Å²) in [6.45, 7) is 0. The summed E-state index contributed by atoms with van der Waals surface area (Å²) in [4.78, 5) is 4.69. The molecule has 0 amide bonds. The summed E-state index contributed by atoms with van der Waals surface area (Å²) >= 11 is 0. The highest BCUT2D eigenvalue weighted by Crippen LogP contribution is 2.17. The molecule has 0 saturated heterocycles. The van der Waals surface area contributed by atoms with Gasteiger partial charge >= 0.3 is 0 Å². The first kappa shape index (κ1) is 9.28. The first-order valence-corrected chi connectivity index (χ1v) is 5.43. The van der Waals surface area contributed by atoms with Crippen molar-refractivity contribution in [2.75, 3.05) is 0 Å². The highest BCUT2D eigenvalue weighted by molar-refractivity contribution is 5.40. The molecule has 16 heavy (non-hydrogen) atoms. The molecule has 3 rings (SSSR count). The fourth-order valence-electron chi connectivity index (χ4n) is 2.06. The molecule has 1 aromatic carbocycles. The van der Waals surface area contributed by atoms with E-state index >= 15 is 0 Å². The first-order chi connectivity index (χ1) is 7.83. The Hall–Kier alpha value is -1.96. The monoisotopic (exact) mass is 209 g/mol. The van der Waals surface area contributed by atoms with Crippen LogP contribution in [0.15, 0.2) is 53.8 Å². The third-order valence-electron chi connectivity index (χ3n) is 2.86. The van der Waals surface area contributed by atoms with E-state index in [1.807, 2.05) is 19.3 Å². The molecule has 1 unspecified atom stereocenters. The largest absolute Gasteiger partial charge is 0.272 e. The standard InChI is InChI=1S/C14H13N2/c1-16-8-4-6-12(10-16)14-9-11-5-2-3-7-13(11)15-14/h2-10,14H,1H3/q+1. The van der Waals surface area contributed by atoms with Crippen molar-refractivity contribution < 1.29 is 4.57 Å². The van der Waals surface area contributed by atoms with Crippen molar-refractivity contribution in [1.82, 2.24) is 0 Å². The van der Waals surface area contributed by atoms with E-state index in [4.69, 9.17) is 4.99 Å². The van der Waals surface area contributed by atoms with Crippen molar-refractivity contribution in [2.24, 2.45) is 12.0 Å². The van der Waals surface area contributed by atoms with Gasteiger partial charge in [-0.1, -0.05) is 18.2 Å². The molecule has 1 aliphatic rings. The van der Waals surface area contributed by atoms with Crippen LogP contribution >= 0.6 is 0 Å². The third-order valence-corrected chi connectivity index (χ3v) is 2.86. The average molecular weight is 209 g/mol. The van der Waals surface area contributed by atoms with E-state index in [0.717, 1.165) is 5.36 Å². The van der Waals surface area contributed by atoms with Crippen molar-refractivity contribution >= 4 is 6.08 Å². The minimum absolute atomic E-state index is 0.171. The van der Waals surface area contributed by atoms with Gasteiger partial charge in [-0.15, -0.1) is 0 Å². The Labute approximate surface area is 94.2 Å². The number of hydrogen-bond acceptors (Lipinski definition) is 1. The van der Waals surface area contributed by atoms with Gasteiger partial charge in [-0.25, -0.2) is 4.57 Å². The fourth-order valence-corrected chi connectivity index (χ4v) is 2.06. The molecule has 0 aliphatic carbocycles. The number of aromatic nitrogens is 1. The van der Waals surface area contributed by atoms with Crippen molar-refractivity contribution in [2.45, 2.75) is 6.04 Å². The number of para-hydroxylation sites is 1. The van der Waals surface area contributed by atoms with Gasteiger partial charge in [-0.05, 0) is 23.4 Å². The van der Waals surface area contributed by atoms with Gasteiger partial charge in [0.2, 0.25) is 0 Å². The molecule has 2 aromatic rings. The fraction of sp³-hybridized carbons (Fsp3) is 0.143. The van der Waals surface area contributed by atoms with Crippen LogP contribution in [0.1, 0.15) is 11.6 Å². The van der Waals surface area contributed by atoms with Crippen molar-refractivity contribution in [1.29, 1.82) is 0 Å². The lowest BCUT2D eigenvalue weighted by atomic mass is 10.1. The smallest absolute Gasteiger partial charge is 0.174 e. The average Bonchev–Trinajstić information content (AvgIpc) is 2.72. The second kappa shape index (κ2) is 3.56. The summed E-state index contributed by atoms with van der Waals surface area (Å²) in [7, 11) is 2.03. The summed E-state index contributed by atoms with van der Waals surface area (Å²) in [5.74, 6) is 0. The van der Waals surface area contributed by atoms with Crippen molar-refractivity contribution in [3.63, 3.8) is 0 Å². The Morgan fingerprint density at radius 3 is 2.81 bits per heavy atom. The van der Waals surface area contributed by atoms with Gasteiger partial charge in [0.25, 0.3) is 0 Å². The van der Waals surface area contributed by atoms with Crippen LogP contribution in [-0.4, -0.2) is 0 Å². The van der Waals surface area contributed by atoms with E-state index in [-0.39, 0.29) is 6.04 Å². The van der Waals surface area contributed by atoms with E-state index < -0.39 is 0 Å². The normalized spacial score (nSPS) is 17.4. The quantitative estimate of drug-likeness (QED) is 0.614. The van der Waals surface area contributed by atoms with Gasteiger partial charge < -0.3 is 0 Å². The molecule has 0 bridgehead atoms. The second-order valence-electron chi connectivity index (χ2n) is 4.10. The minimum Gasteiger partial charge on any atom is -0.272 e. The van der Waals surface area contributed by atoms with Gasteiger partial charge in [0, 0.05) is 11.6 Å².